The minimum absolute atomic E-state index is 0.210. The fraction of sp³-hybridized carbons (Fsp3) is 0.188. The molecule has 1 heterocycles. The average Bonchev–Trinajstić information content (AvgIpc) is 2.88. The van der Waals surface area contributed by atoms with Crippen LogP contribution in [-0.4, -0.2) is 18.0 Å². The molecule has 0 amide bonds. The van der Waals surface area contributed by atoms with Crippen molar-refractivity contribution in [2.45, 2.75) is 13.3 Å². The zero-order chi connectivity index (χ0) is 15.4. The molecule has 0 aliphatic heterocycles. The van der Waals surface area contributed by atoms with Gasteiger partial charge in [0.1, 0.15) is 17.3 Å². The van der Waals surface area contributed by atoms with E-state index in [9.17, 15) is 14.3 Å². The van der Waals surface area contributed by atoms with Crippen molar-refractivity contribution >= 4 is 11.5 Å². The monoisotopic (exact) mass is 290 g/mol. The summed E-state index contributed by atoms with van der Waals surface area (Å²) < 4.78 is 23.7. The maximum atomic E-state index is 13.1. The first-order valence-electron chi connectivity index (χ1n) is 6.32. The Balaban J connectivity index is 2.22. The van der Waals surface area contributed by atoms with Crippen LogP contribution < -0.4 is 4.74 Å². The molecule has 0 fully saturated rings. The summed E-state index contributed by atoms with van der Waals surface area (Å²) in [4.78, 5) is 10.9. The number of carbonyl (C=O) groups is 1. The molecule has 2 aromatic rings. The van der Waals surface area contributed by atoms with E-state index in [0.717, 1.165) is 11.6 Å². The molecule has 0 atom stereocenters. The minimum atomic E-state index is -0.377. The predicted molar refractivity (Wildman–Crippen MR) is 75.8 cm³/mol. The molecule has 0 aliphatic carbocycles. The third kappa shape index (κ3) is 3.72. The molecule has 21 heavy (non-hydrogen) atoms. The third-order valence-corrected chi connectivity index (χ3v) is 2.87. The van der Waals surface area contributed by atoms with Crippen molar-refractivity contribution in [2.75, 3.05) is 7.11 Å². The Morgan fingerprint density at radius 1 is 1.38 bits per heavy atom. The quantitative estimate of drug-likeness (QED) is 0.676. The number of aliphatic hydroxyl groups is 1. The van der Waals surface area contributed by atoms with Crippen LogP contribution in [0.1, 0.15) is 24.0 Å². The maximum absolute atomic E-state index is 13.1. The average molecular weight is 290 g/mol. The lowest BCUT2D eigenvalue weighted by Gasteiger charge is -2.07. The number of rotatable bonds is 5. The van der Waals surface area contributed by atoms with Crippen molar-refractivity contribution in [2.24, 2.45) is 0 Å². The summed E-state index contributed by atoms with van der Waals surface area (Å²) in [5.74, 6) is 0.333. The molecule has 5 heteroatoms. The molecule has 0 aliphatic rings. The van der Waals surface area contributed by atoms with Crippen molar-refractivity contribution in [1.29, 1.82) is 0 Å². The van der Waals surface area contributed by atoms with Crippen molar-refractivity contribution in [3.05, 3.63) is 59.3 Å². The van der Waals surface area contributed by atoms with Gasteiger partial charge in [0, 0.05) is 24.1 Å². The molecule has 1 aromatic carbocycles. The van der Waals surface area contributed by atoms with E-state index >= 15 is 0 Å². The zero-order valence-electron chi connectivity index (χ0n) is 11.7. The van der Waals surface area contributed by atoms with E-state index in [4.69, 9.17) is 9.15 Å². The lowest BCUT2D eigenvalue weighted by molar-refractivity contribution is -0.112. The predicted octanol–water partition coefficient (Wildman–Crippen LogP) is 3.51. The number of ether oxygens (including phenoxy) is 1. The molecule has 110 valence electrons. The van der Waals surface area contributed by atoms with Crippen LogP contribution in [0.4, 0.5) is 4.39 Å². The molecule has 0 radical (unpaired) electrons. The number of furan rings is 1. The molecule has 2 rings (SSSR count). The fourth-order valence-corrected chi connectivity index (χ4v) is 1.93. The number of aliphatic hydroxyl groups excluding tert-OH is 1. The zero-order valence-corrected chi connectivity index (χ0v) is 11.7. The summed E-state index contributed by atoms with van der Waals surface area (Å²) >= 11 is 0. The standard InChI is InChI=1S/C16H15FO4/c1-10(18)7-14(19)15-6-5-13(21-15)8-11-3-4-12(17)9-16(11)20-2/h3-7,9,19H,8H2,1-2H3. The normalized spacial score (nSPS) is 11.5. The maximum Gasteiger partial charge on any atom is 0.168 e. The van der Waals surface area contributed by atoms with Gasteiger partial charge in [-0.1, -0.05) is 6.07 Å². The summed E-state index contributed by atoms with van der Waals surface area (Å²) in [5.41, 5.74) is 0.759. The van der Waals surface area contributed by atoms with Crippen LogP contribution in [0.5, 0.6) is 5.75 Å². The van der Waals surface area contributed by atoms with Gasteiger partial charge in [-0.2, -0.15) is 0 Å². The van der Waals surface area contributed by atoms with E-state index in [1.807, 2.05) is 0 Å². The van der Waals surface area contributed by atoms with Crippen molar-refractivity contribution < 1.29 is 23.4 Å². The van der Waals surface area contributed by atoms with E-state index in [1.165, 1.54) is 26.2 Å². The molecule has 1 N–H and O–H groups in total. The van der Waals surface area contributed by atoms with Gasteiger partial charge in [-0.15, -0.1) is 0 Å². The van der Waals surface area contributed by atoms with Crippen LogP contribution in [0, 0.1) is 5.82 Å². The Morgan fingerprint density at radius 3 is 2.81 bits per heavy atom. The molecule has 0 saturated carbocycles. The molecule has 1 aromatic heterocycles. The first-order valence-corrected chi connectivity index (χ1v) is 6.32. The van der Waals surface area contributed by atoms with Crippen LogP contribution in [0.3, 0.4) is 0 Å². The van der Waals surface area contributed by atoms with Crippen molar-refractivity contribution in [3.8, 4) is 5.75 Å². The summed E-state index contributed by atoms with van der Waals surface area (Å²) in [7, 11) is 1.47. The van der Waals surface area contributed by atoms with E-state index in [-0.39, 0.29) is 23.1 Å². The minimum Gasteiger partial charge on any atom is -0.504 e. The van der Waals surface area contributed by atoms with Crippen molar-refractivity contribution in [1.82, 2.24) is 0 Å². The van der Waals surface area contributed by atoms with Gasteiger partial charge in [-0.25, -0.2) is 4.39 Å². The van der Waals surface area contributed by atoms with Crippen LogP contribution in [-0.2, 0) is 11.2 Å². The van der Waals surface area contributed by atoms with Gasteiger partial charge in [0.15, 0.2) is 17.3 Å². The second-order valence-corrected chi connectivity index (χ2v) is 4.54. The van der Waals surface area contributed by atoms with Gasteiger partial charge < -0.3 is 14.3 Å². The highest BCUT2D eigenvalue weighted by Crippen LogP contribution is 2.24. The molecule has 0 unspecified atom stereocenters. The SMILES string of the molecule is COc1cc(F)ccc1Cc1ccc(C(O)=CC(C)=O)o1. The van der Waals surface area contributed by atoms with Crippen LogP contribution in [0.15, 0.2) is 40.8 Å². The molecular weight excluding hydrogens is 275 g/mol. The Bertz CT molecular complexity index is 685. The number of ketones is 1. The number of methoxy groups -OCH3 is 1. The lowest BCUT2D eigenvalue weighted by atomic mass is 10.1. The van der Waals surface area contributed by atoms with Gasteiger partial charge in [-0.05, 0) is 25.1 Å². The van der Waals surface area contributed by atoms with Gasteiger partial charge in [-0.3, -0.25) is 4.79 Å². The number of hydrogen-bond acceptors (Lipinski definition) is 4. The number of allylic oxidation sites excluding steroid dienone is 1. The van der Waals surface area contributed by atoms with Gasteiger partial charge in [0.25, 0.3) is 0 Å². The summed E-state index contributed by atoms with van der Waals surface area (Å²) in [6, 6.07) is 7.51. The first kappa shape index (κ1) is 14.8. The highest BCUT2D eigenvalue weighted by atomic mass is 19.1. The highest BCUT2D eigenvalue weighted by Gasteiger charge is 2.11. The van der Waals surface area contributed by atoms with Crippen LogP contribution in [0.2, 0.25) is 0 Å². The molecular formula is C16H15FO4. The molecule has 4 nitrogen and oxygen atoms in total. The summed E-state index contributed by atoms with van der Waals surface area (Å²) in [6.45, 7) is 1.34. The van der Waals surface area contributed by atoms with Gasteiger partial charge in [0.2, 0.25) is 0 Å². The second kappa shape index (κ2) is 6.26. The van der Waals surface area contributed by atoms with E-state index in [2.05, 4.69) is 0 Å². The van der Waals surface area contributed by atoms with E-state index in [1.54, 1.807) is 18.2 Å². The number of hydrogen-bond donors (Lipinski definition) is 1. The van der Waals surface area contributed by atoms with E-state index in [0.29, 0.717) is 17.9 Å². The third-order valence-electron chi connectivity index (χ3n) is 2.87. The Labute approximate surface area is 121 Å². The Morgan fingerprint density at radius 2 is 2.14 bits per heavy atom. The lowest BCUT2D eigenvalue weighted by Crippen LogP contribution is -1.94. The summed E-state index contributed by atoms with van der Waals surface area (Å²) in [6.07, 6.45) is 1.47. The van der Waals surface area contributed by atoms with E-state index < -0.39 is 0 Å². The van der Waals surface area contributed by atoms with Crippen LogP contribution >= 0.6 is 0 Å². The first-order chi connectivity index (χ1) is 9.99. The Hall–Kier alpha value is -2.56. The topological polar surface area (TPSA) is 59.7 Å². The second-order valence-electron chi connectivity index (χ2n) is 4.54. The fourth-order valence-electron chi connectivity index (χ4n) is 1.93. The number of carbonyl (C=O) groups excluding carboxylic acids is 1. The Kier molecular flexibility index (Phi) is 4.42. The highest BCUT2D eigenvalue weighted by molar-refractivity contribution is 5.92. The van der Waals surface area contributed by atoms with Crippen molar-refractivity contribution in [3.63, 3.8) is 0 Å². The number of benzene rings is 1. The van der Waals surface area contributed by atoms with Crippen LogP contribution in [0.25, 0.3) is 5.76 Å². The van der Waals surface area contributed by atoms with Gasteiger partial charge in [0.05, 0.1) is 7.11 Å². The molecule has 0 spiro atoms. The largest absolute Gasteiger partial charge is 0.504 e. The smallest absolute Gasteiger partial charge is 0.168 e. The molecule has 0 saturated heterocycles. The number of halogens is 1. The molecule has 0 bridgehead atoms. The van der Waals surface area contributed by atoms with Gasteiger partial charge >= 0.3 is 0 Å². The summed E-state index contributed by atoms with van der Waals surface area (Å²) in [5, 5.41) is 9.68.